The molecule has 0 saturated heterocycles. The lowest BCUT2D eigenvalue weighted by Crippen LogP contribution is -2.19. The monoisotopic (exact) mass is 367 g/mol. The van der Waals surface area contributed by atoms with Gasteiger partial charge in [0.15, 0.2) is 11.5 Å². The molecule has 0 aliphatic heterocycles. The smallest absolute Gasteiger partial charge is 0.228 e. The van der Waals surface area contributed by atoms with Gasteiger partial charge in [0.2, 0.25) is 5.78 Å². The van der Waals surface area contributed by atoms with E-state index in [4.69, 9.17) is 4.74 Å². The number of hydrogen-bond acceptors (Lipinski definition) is 5. The number of ketones is 2. The number of carbonyl (C=O) groups excluding carboxylic acids is 2. The molecule has 3 rings (SSSR count). The Balaban J connectivity index is 1.71. The number of allylic oxidation sites excluding steroid dienone is 2. The van der Waals surface area contributed by atoms with Gasteiger partial charge in [-0.3, -0.25) is 14.6 Å². The van der Waals surface area contributed by atoms with Crippen LogP contribution in [0.2, 0.25) is 0 Å². The minimum atomic E-state index is -0.212. The fourth-order valence-corrected chi connectivity index (χ4v) is 3.59. The van der Waals surface area contributed by atoms with E-state index in [0.29, 0.717) is 17.7 Å². The Kier molecular flexibility index (Phi) is 6.23. The molecular weight excluding hydrogens is 346 g/mol. The quantitative estimate of drug-likeness (QED) is 0.608. The van der Waals surface area contributed by atoms with Crippen LogP contribution in [0.4, 0.5) is 0 Å². The Morgan fingerprint density at radius 3 is 2.54 bits per heavy atom. The molecule has 4 nitrogen and oxygen atoms in total. The topological polar surface area (TPSA) is 56.3 Å². The number of aromatic nitrogens is 1. The van der Waals surface area contributed by atoms with Crippen LogP contribution in [-0.2, 0) is 4.74 Å². The largest absolute Gasteiger partial charge is 0.489 e. The van der Waals surface area contributed by atoms with Gasteiger partial charge in [-0.1, -0.05) is 37.9 Å². The minimum absolute atomic E-state index is 0.161. The van der Waals surface area contributed by atoms with Gasteiger partial charge < -0.3 is 4.74 Å². The van der Waals surface area contributed by atoms with Gasteiger partial charge >= 0.3 is 0 Å². The second-order valence-corrected chi connectivity index (χ2v) is 7.25. The van der Waals surface area contributed by atoms with Crippen LogP contribution < -0.4 is 0 Å². The van der Waals surface area contributed by atoms with E-state index >= 15 is 0 Å². The molecule has 26 heavy (non-hydrogen) atoms. The zero-order valence-corrected chi connectivity index (χ0v) is 15.6. The van der Waals surface area contributed by atoms with Gasteiger partial charge in [0, 0.05) is 39.4 Å². The van der Waals surface area contributed by atoms with Gasteiger partial charge in [-0.2, -0.15) is 0 Å². The first-order valence-electron chi connectivity index (χ1n) is 8.84. The van der Waals surface area contributed by atoms with Crippen LogP contribution >= 0.6 is 11.8 Å². The number of carbonyl (C=O) groups is 2. The maximum absolute atomic E-state index is 12.6. The maximum atomic E-state index is 12.6. The van der Waals surface area contributed by atoms with Crippen molar-refractivity contribution in [2.75, 3.05) is 6.61 Å². The third-order valence-electron chi connectivity index (χ3n) is 4.13. The molecule has 1 aliphatic carbocycles. The third kappa shape index (κ3) is 4.41. The van der Waals surface area contributed by atoms with Gasteiger partial charge in [0.05, 0.1) is 6.61 Å². The Morgan fingerprint density at radius 2 is 1.77 bits per heavy atom. The van der Waals surface area contributed by atoms with Crippen molar-refractivity contribution >= 4 is 23.3 Å². The van der Waals surface area contributed by atoms with Crippen molar-refractivity contribution in [3.8, 4) is 0 Å². The molecule has 1 aromatic heterocycles. The molecular formula is C21H21NO3S. The van der Waals surface area contributed by atoms with Crippen LogP contribution in [0.1, 0.15) is 53.3 Å². The average Bonchev–Trinajstić information content (AvgIpc) is 2.66. The summed E-state index contributed by atoms with van der Waals surface area (Å²) in [5, 5.41) is 0. The van der Waals surface area contributed by atoms with Crippen LogP contribution in [0.3, 0.4) is 0 Å². The number of hydrogen-bond donors (Lipinski definition) is 0. The number of fused-ring (bicyclic) bond motifs is 1. The molecule has 5 heteroatoms. The second kappa shape index (κ2) is 8.81. The first-order chi connectivity index (χ1) is 12.7. The molecule has 1 aromatic carbocycles. The fraction of sp³-hybridized carbons (Fsp3) is 0.286. The highest BCUT2D eigenvalue weighted by molar-refractivity contribution is 7.99. The van der Waals surface area contributed by atoms with Crippen molar-refractivity contribution in [2.24, 2.45) is 0 Å². The second-order valence-electron chi connectivity index (χ2n) is 6.10. The molecule has 0 spiro atoms. The zero-order valence-electron chi connectivity index (χ0n) is 14.7. The van der Waals surface area contributed by atoms with Crippen LogP contribution in [0.25, 0.3) is 0 Å². The molecule has 1 heterocycles. The van der Waals surface area contributed by atoms with E-state index in [2.05, 4.69) is 11.9 Å². The van der Waals surface area contributed by atoms with Crippen LogP contribution in [-0.4, -0.2) is 23.2 Å². The van der Waals surface area contributed by atoms with Crippen molar-refractivity contribution in [1.82, 2.24) is 4.98 Å². The van der Waals surface area contributed by atoms with Gasteiger partial charge in [0.25, 0.3) is 0 Å². The predicted octanol–water partition coefficient (Wildman–Crippen LogP) is 5.09. The first kappa shape index (κ1) is 18.4. The summed E-state index contributed by atoms with van der Waals surface area (Å²) < 4.78 is 5.57. The zero-order chi connectivity index (χ0) is 18.4. The van der Waals surface area contributed by atoms with E-state index in [1.165, 1.54) is 17.8 Å². The summed E-state index contributed by atoms with van der Waals surface area (Å²) in [6.07, 6.45) is 9.03. The van der Waals surface area contributed by atoms with E-state index in [9.17, 15) is 9.59 Å². The number of nitrogens with zero attached hydrogens (tertiary/aromatic N) is 1. The molecule has 0 amide bonds. The summed E-state index contributed by atoms with van der Waals surface area (Å²) in [6, 6.07) is 9.16. The molecule has 1 aliphatic rings. The molecule has 134 valence electrons. The Labute approximate surface area is 157 Å². The summed E-state index contributed by atoms with van der Waals surface area (Å²) in [7, 11) is 0. The summed E-state index contributed by atoms with van der Waals surface area (Å²) in [6.45, 7) is 2.61. The lowest BCUT2D eigenvalue weighted by molar-refractivity contribution is 0.0879. The highest BCUT2D eigenvalue weighted by Crippen LogP contribution is 2.31. The van der Waals surface area contributed by atoms with Gasteiger partial charge in [-0.15, -0.1) is 0 Å². The fourth-order valence-electron chi connectivity index (χ4n) is 2.74. The highest BCUT2D eigenvalue weighted by atomic mass is 32.2. The number of unbranched alkanes of at least 4 members (excludes halogenated alkanes) is 3. The van der Waals surface area contributed by atoms with Crippen molar-refractivity contribution in [1.29, 1.82) is 0 Å². The third-order valence-corrected chi connectivity index (χ3v) is 5.13. The molecule has 0 unspecified atom stereocenters. The van der Waals surface area contributed by atoms with Crippen LogP contribution in [0.5, 0.6) is 0 Å². The molecule has 0 radical (unpaired) electrons. The van der Waals surface area contributed by atoms with E-state index in [0.717, 1.165) is 35.5 Å². The molecule has 0 fully saturated rings. The normalized spacial score (nSPS) is 13.3. The summed E-state index contributed by atoms with van der Waals surface area (Å²) >= 11 is 1.53. The van der Waals surface area contributed by atoms with Gasteiger partial charge in [-0.05, 0) is 36.8 Å². The summed E-state index contributed by atoms with van der Waals surface area (Å²) in [5.41, 5.74) is 0.854. The van der Waals surface area contributed by atoms with Gasteiger partial charge in [-0.25, -0.2) is 0 Å². The molecule has 0 N–H and O–H groups in total. The molecule has 2 aromatic rings. The Hall–Kier alpha value is -2.40. The van der Waals surface area contributed by atoms with E-state index in [-0.39, 0.29) is 17.3 Å². The van der Waals surface area contributed by atoms with Crippen LogP contribution in [0, 0.1) is 0 Å². The summed E-state index contributed by atoms with van der Waals surface area (Å²) in [4.78, 5) is 31.0. The number of ether oxygens (including phenoxy) is 1. The van der Waals surface area contributed by atoms with Crippen molar-refractivity contribution in [3.63, 3.8) is 0 Å². The van der Waals surface area contributed by atoms with Crippen LogP contribution in [0.15, 0.2) is 64.4 Å². The lowest BCUT2D eigenvalue weighted by atomic mass is 9.94. The summed E-state index contributed by atoms with van der Waals surface area (Å²) in [5.74, 6) is -0.232. The highest BCUT2D eigenvalue weighted by Gasteiger charge is 2.27. The first-order valence-corrected chi connectivity index (χ1v) is 9.66. The van der Waals surface area contributed by atoms with E-state index in [1.54, 1.807) is 24.5 Å². The molecule has 0 atom stereocenters. The number of rotatable bonds is 8. The lowest BCUT2D eigenvalue weighted by Gasteiger charge is -2.16. The SMILES string of the molecule is CCCCCCOC1=CC(=O)c2cc(Sc3ccncc3)ccc2C1=O. The van der Waals surface area contributed by atoms with Crippen molar-refractivity contribution in [3.05, 3.63) is 65.7 Å². The number of benzene rings is 1. The molecule has 0 bridgehead atoms. The predicted molar refractivity (Wildman–Crippen MR) is 102 cm³/mol. The standard InChI is InChI=1S/C21H21NO3S/c1-2-3-4-5-12-25-20-14-19(23)18-13-16(6-7-17(18)21(20)24)26-15-8-10-22-11-9-15/h6-11,13-14H,2-5,12H2,1H3. The van der Waals surface area contributed by atoms with E-state index < -0.39 is 0 Å². The molecule has 0 saturated carbocycles. The van der Waals surface area contributed by atoms with Crippen molar-refractivity contribution in [2.45, 2.75) is 42.4 Å². The minimum Gasteiger partial charge on any atom is -0.489 e. The Bertz CT molecular complexity index is 830. The average molecular weight is 367 g/mol. The van der Waals surface area contributed by atoms with E-state index in [1.807, 2.05) is 18.2 Å². The number of Topliss-reactive ketones (excluding diaryl/α,β-unsaturated/α-hetero) is 1. The van der Waals surface area contributed by atoms with Gasteiger partial charge in [0.1, 0.15) is 0 Å². The maximum Gasteiger partial charge on any atom is 0.228 e. The Morgan fingerprint density at radius 1 is 0.962 bits per heavy atom. The number of pyridine rings is 1. The van der Waals surface area contributed by atoms with Crippen molar-refractivity contribution < 1.29 is 14.3 Å².